The van der Waals surface area contributed by atoms with Crippen molar-refractivity contribution in [1.82, 2.24) is 5.16 Å². The summed E-state index contributed by atoms with van der Waals surface area (Å²) in [5, 5.41) is 15.1. The van der Waals surface area contributed by atoms with E-state index in [-0.39, 0.29) is 17.2 Å². The molecule has 9 nitrogen and oxygen atoms in total. The molecule has 1 aliphatic rings. The summed E-state index contributed by atoms with van der Waals surface area (Å²) >= 11 is 0. The van der Waals surface area contributed by atoms with Crippen molar-refractivity contribution in [2.24, 2.45) is 0 Å². The highest BCUT2D eigenvalue weighted by Gasteiger charge is 2.48. The van der Waals surface area contributed by atoms with Crippen LogP contribution in [0, 0.1) is 13.8 Å². The lowest BCUT2D eigenvalue weighted by Gasteiger charge is -2.23. The number of anilines is 1. The van der Waals surface area contributed by atoms with Crippen LogP contribution in [0.3, 0.4) is 0 Å². The van der Waals surface area contributed by atoms with Crippen molar-refractivity contribution in [3.8, 4) is 5.75 Å². The molecule has 0 spiro atoms. The van der Waals surface area contributed by atoms with E-state index in [4.69, 9.17) is 14.0 Å². The second kappa shape index (κ2) is 8.86. The molecule has 0 unspecified atom stereocenters. The molecule has 2 aromatic carbocycles. The average Bonchev–Trinajstić information content (AvgIpc) is 3.38. The van der Waals surface area contributed by atoms with Crippen molar-refractivity contribution in [3.05, 3.63) is 82.1 Å². The van der Waals surface area contributed by atoms with Crippen LogP contribution in [0.1, 0.15) is 38.9 Å². The van der Waals surface area contributed by atoms with Crippen LogP contribution in [-0.2, 0) is 14.3 Å². The number of methoxy groups -OCH3 is 2. The minimum Gasteiger partial charge on any atom is -0.507 e. The fraction of sp³-hybridized carbons (Fsp3) is 0.200. The molecule has 1 fully saturated rings. The number of carbonyl (C=O) groups excluding carboxylic acids is 3. The van der Waals surface area contributed by atoms with Gasteiger partial charge in [0.2, 0.25) is 0 Å². The number of hydrogen-bond acceptors (Lipinski definition) is 8. The fourth-order valence-corrected chi connectivity index (χ4v) is 3.95. The highest BCUT2D eigenvalue weighted by molar-refractivity contribution is 6.51. The van der Waals surface area contributed by atoms with Gasteiger partial charge in [-0.2, -0.15) is 0 Å². The van der Waals surface area contributed by atoms with Crippen molar-refractivity contribution >= 4 is 29.2 Å². The Bertz CT molecular complexity index is 1320. The highest BCUT2D eigenvalue weighted by atomic mass is 16.5. The van der Waals surface area contributed by atoms with E-state index in [1.165, 1.54) is 37.3 Å². The molecule has 34 heavy (non-hydrogen) atoms. The van der Waals surface area contributed by atoms with Gasteiger partial charge in [0, 0.05) is 11.6 Å². The Hall–Kier alpha value is -4.40. The van der Waals surface area contributed by atoms with E-state index in [9.17, 15) is 19.5 Å². The summed E-state index contributed by atoms with van der Waals surface area (Å²) < 4.78 is 15.1. The molecule has 1 aromatic heterocycles. The second-order valence-electron chi connectivity index (χ2n) is 7.76. The van der Waals surface area contributed by atoms with Gasteiger partial charge in [0.1, 0.15) is 17.3 Å². The number of nitrogens with zero attached hydrogens (tertiary/aromatic N) is 2. The number of aliphatic hydroxyl groups is 1. The van der Waals surface area contributed by atoms with E-state index in [2.05, 4.69) is 5.16 Å². The second-order valence-corrected chi connectivity index (χ2v) is 7.76. The van der Waals surface area contributed by atoms with E-state index in [0.717, 1.165) is 5.56 Å². The summed E-state index contributed by atoms with van der Waals surface area (Å²) in [5.74, 6) is -1.40. The molecular formula is C25H22N2O7. The van der Waals surface area contributed by atoms with E-state index in [0.29, 0.717) is 28.2 Å². The Morgan fingerprint density at radius 2 is 1.71 bits per heavy atom. The predicted molar refractivity (Wildman–Crippen MR) is 122 cm³/mol. The molecule has 1 amide bonds. The Balaban J connectivity index is 1.90. The lowest BCUT2D eigenvalue weighted by molar-refractivity contribution is -0.132. The van der Waals surface area contributed by atoms with Crippen LogP contribution < -0.4 is 9.64 Å². The quantitative estimate of drug-likeness (QED) is 0.264. The largest absolute Gasteiger partial charge is 0.507 e. The first-order valence-corrected chi connectivity index (χ1v) is 10.3. The normalized spacial score (nSPS) is 17.2. The summed E-state index contributed by atoms with van der Waals surface area (Å²) in [7, 11) is 2.81. The SMILES string of the molecule is COC(=O)c1ccc([C@H]2/C(=C(\O)c3ccc(OC)c(C)c3)C(=O)C(=O)N2c2cc(C)on2)cc1. The molecule has 0 bridgehead atoms. The number of hydrogen-bond donors (Lipinski definition) is 1. The Kier molecular flexibility index (Phi) is 5.93. The van der Waals surface area contributed by atoms with Gasteiger partial charge in [0.15, 0.2) is 5.82 Å². The van der Waals surface area contributed by atoms with Crippen molar-refractivity contribution in [2.75, 3.05) is 19.1 Å². The number of ketones is 1. The first-order valence-electron chi connectivity index (χ1n) is 10.3. The molecule has 0 radical (unpaired) electrons. The van der Waals surface area contributed by atoms with E-state index >= 15 is 0 Å². The van der Waals surface area contributed by atoms with Crippen LogP contribution in [0.5, 0.6) is 5.75 Å². The molecule has 2 heterocycles. The summed E-state index contributed by atoms with van der Waals surface area (Å²) in [6, 6.07) is 11.7. The molecule has 3 aromatic rings. The number of esters is 1. The summed E-state index contributed by atoms with van der Waals surface area (Å²) in [6.45, 7) is 3.46. The van der Waals surface area contributed by atoms with E-state index in [1.807, 2.05) is 0 Å². The van der Waals surface area contributed by atoms with Crippen LogP contribution in [0.15, 0.2) is 58.6 Å². The minimum absolute atomic E-state index is 0.110. The number of amides is 1. The molecule has 0 saturated carbocycles. The van der Waals surface area contributed by atoms with Gasteiger partial charge in [-0.3, -0.25) is 14.5 Å². The fourth-order valence-electron chi connectivity index (χ4n) is 3.95. The molecule has 1 aliphatic heterocycles. The Morgan fingerprint density at radius 1 is 1.03 bits per heavy atom. The van der Waals surface area contributed by atoms with Gasteiger partial charge in [-0.05, 0) is 55.3 Å². The van der Waals surface area contributed by atoms with E-state index in [1.54, 1.807) is 44.2 Å². The third-order valence-electron chi connectivity index (χ3n) is 5.62. The topological polar surface area (TPSA) is 119 Å². The van der Waals surface area contributed by atoms with Crippen LogP contribution >= 0.6 is 0 Å². The molecule has 1 N–H and O–H groups in total. The molecular weight excluding hydrogens is 440 g/mol. The smallest absolute Gasteiger partial charge is 0.337 e. The van der Waals surface area contributed by atoms with Crippen molar-refractivity contribution < 1.29 is 33.5 Å². The number of rotatable bonds is 5. The van der Waals surface area contributed by atoms with Crippen LogP contribution in [0.2, 0.25) is 0 Å². The van der Waals surface area contributed by atoms with Gasteiger partial charge in [0.25, 0.3) is 5.78 Å². The molecule has 1 saturated heterocycles. The summed E-state index contributed by atoms with van der Waals surface area (Å²) in [5.41, 5.74) is 1.77. The predicted octanol–water partition coefficient (Wildman–Crippen LogP) is 3.71. The third-order valence-corrected chi connectivity index (χ3v) is 5.62. The van der Waals surface area contributed by atoms with Crippen LogP contribution in [-0.4, -0.2) is 42.1 Å². The van der Waals surface area contributed by atoms with Gasteiger partial charge >= 0.3 is 11.9 Å². The standard InChI is InChI=1S/C25H22N2O7/c1-13-11-17(9-10-18(13)32-3)22(28)20-21(15-5-7-16(8-6-15)25(31)33-4)27(24(30)23(20)29)19-12-14(2)34-26-19/h5-12,21,28H,1-4H3/b22-20+/t21-/m0/s1. The monoisotopic (exact) mass is 462 g/mol. The number of benzene rings is 2. The van der Waals surface area contributed by atoms with Crippen molar-refractivity contribution in [3.63, 3.8) is 0 Å². The lowest BCUT2D eigenvalue weighted by atomic mass is 9.94. The van der Waals surface area contributed by atoms with Crippen molar-refractivity contribution in [1.29, 1.82) is 0 Å². The maximum absolute atomic E-state index is 13.2. The zero-order valence-corrected chi connectivity index (χ0v) is 19.0. The summed E-state index contributed by atoms with van der Waals surface area (Å²) in [6.07, 6.45) is 0. The van der Waals surface area contributed by atoms with Crippen LogP contribution in [0.25, 0.3) is 5.76 Å². The lowest BCUT2D eigenvalue weighted by Crippen LogP contribution is -2.29. The third kappa shape index (κ3) is 3.81. The Morgan fingerprint density at radius 3 is 2.26 bits per heavy atom. The van der Waals surface area contributed by atoms with Gasteiger partial charge in [-0.25, -0.2) is 4.79 Å². The number of carbonyl (C=O) groups is 3. The van der Waals surface area contributed by atoms with E-state index < -0.39 is 23.7 Å². The highest BCUT2D eigenvalue weighted by Crippen LogP contribution is 2.42. The first kappa shape index (κ1) is 22.8. The molecule has 4 rings (SSSR count). The van der Waals surface area contributed by atoms with Crippen molar-refractivity contribution in [2.45, 2.75) is 19.9 Å². The molecule has 1 atom stereocenters. The molecule has 9 heteroatoms. The van der Waals surface area contributed by atoms with Gasteiger partial charge in [0.05, 0.1) is 31.4 Å². The average molecular weight is 462 g/mol. The zero-order chi connectivity index (χ0) is 24.6. The number of Topliss-reactive ketones (excluding diaryl/α,β-unsaturated/α-hetero) is 1. The van der Waals surface area contributed by atoms with Gasteiger partial charge in [-0.15, -0.1) is 0 Å². The molecule has 174 valence electrons. The number of ether oxygens (including phenoxy) is 2. The Labute approximate surface area is 195 Å². The number of aliphatic hydroxyl groups excluding tert-OH is 1. The van der Waals surface area contributed by atoms with Crippen LogP contribution in [0.4, 0.5) is 5.82 Å². The molecule has 0 aliphatic carbocycles. The zero-order valence-electron chi connectivity index (χ0n) is 19.0. The summed E-state index contributed by atoms with van der Waals surface area (Å²) in [4.78, 5) is 39.3. The van der Waals surface area contributed by atoms with Gasteiger partial charge < -0.3 is 19.1 Å². The van der Waals surface area contributed by atoms with Gasteiger partial charge in [-0.1, -0.05) is 17.3 Å². The minimum atomic E-state index is -1.00. The number of aryl methyl sites for hydroxylation is 2. The first-order chi connectivity index (χ1) is 16.3. The number of aromatic nitrogens is 1. The maximum atomic E-state index is 13.2. The maximum Gasteiger partial charge on any atom is 0.337 e.